The fourth-order valence-electron chi connectivity index (χ4n) is 3.22. The number of nitrogens with zero attached hydrogens (tertiary/aromatic N) is 1. The zero-order valence-corrected chi connectivity index (χ0v) is 12.4. The molecule has 1 saturated carbocycles. The summed E-state index contributed by atoms with van der Waals surface area (Å²) in [5.41, 5.74) is 6.24. The predicted molar refractivity (Wildman–Crippen MR) is 79.3 cm³/mol. The molecule has 0 spiro atoms. The van der Waals surface area contributed by atoms with E-state index < -0.39 is 0 Å². The molecule has 2 nitrogen and oxygen atoms in total. The van der Waals surface area contributed by atoms with Gasteiger partial charge in [-0.2, -0.15) is 0 Å². The van der Waals surface area contributed by atoms with Crippen LogP contribution in [0.3, 0.4) is 0 Å². The van der Waals surface area contributed by atoms with Crippen molar-refractivity contribution in [2.75, 3.05) is 19.6 Å². The van der Waals surface area contributed by atoms with Crippen LogP contribution in [0, 0.1) is 5.92 Å². The molecule has 1 aliphatic carbocycles. The number of likely N-dealkylation sites (tertiary alicyclic amines) is 1. The Hall–Kier alpha value is 0.500. The van der Waals surface area contributed by atoms with Gasteiger partial charge in [0.05, 0.1) is 0 Å². The molecule has 2 rings (SSSR count). The van der Waals surface area contributed by atoms with E-state index in [4.69, 9.17) is 5.73 Å². The van der Waals surface area contributed by atoms with E-state index in [2.05, 4.69) is 4.90 Å². The number of halogens is 2. The molecule has 0 aromatic heterocycles. The normalized spacial score (nSPS) is 23.8. The van der Waals surface area contributed by atoms with Crippen LogP contribution in [0.4, 0.5) is 0 Å². The second-order valence-corrected chi connectivity index (χ2v) is 5.51. The Morgan fingerprint density at radius 3 is 2.12 bits per heavy atom. The van der Waals surface area contributed by atoms with Gasteiger partial charge < -0.3 is 10.6 Å². The molecule has 0 unspecified atom stereocenters. The Kier molecular flexibility index (Phi) is 9.71. The predicted octanol–water partition coefficient (Wildman–Crippen LogP) is 3.22. The summed E-state index contributed by atoms with van der Waals surface area (Å²) >= 11 is 0. The van der Waals surface area contributed by atoms with Crippen molar-refractivity contribution in [2.45, 2.75) is 57.4 Å². The van der Waals surface area contributed by atoms with Crippen molar-refractivity contribution in [3.63, 3.8) is 0 Å². The third kappa shape index (κ3) is 6.28. The van der Waals surface area contributed by atoms with Crippen LogP contribution < -0.4 is 5.73 Å². The van der Waals surface area contributed by atoms with E-state index in [9.17, 15) is 0 Å². The first-order valence-electron chi connectivity index (χ1n) is 6.82. The molecule has 4 heteroatoms. The molecule has 1 atom stereocenters. The lowest BCUT2D eigenvalue weighted by Gasteiger charge is -2.27. The van der Waals surface area contributed by atoms with Crippen LogP contribution in [0.5, 0.6) is 0 Å². The van der Waals surface area contributed by atoms with E-state index in [0.717, 1.165) is 12.5 Å². The maximum atomic E-state index is 6.24. The molecule has 1 saturated heterocycles. The fraction of sp³-hybridized carbons (Fsp3) is 1.00. The summed E-state index contributed by atoms with van der Waals surface area (Å²) in [5, 5.41) is 0. The highest BCUT2D eigenvalue weighted by Gasteiger charge is 2.19. The van der Waals surface area contributed by atoms with Gasteiger partial charge in [-0.3, -0.25) is 0 Å². The Labute approximate surface area is 119 Å². The van der Waals surface area contributed by atoms with Crippen molar-refractivity contribution < 1.29 is 0 Å². The standard InChI is InChI=1S/C13H26N2.2ClH/c14-13(11-15-8-4-5-9-15)10-12-6-2-1-3-7-12;;/h12-13H,1-11,14H2;2*1H/t13-;;/m0../s1. The summed E-state index contributed by atoms with van der Waals surface area (Å²) in [6.45, 7) is 3.73. The average molecular weight is 283 g/mol. The van der Waals surface area contributed by atoms with Crippen molar-refractivity contribution in [3.05, 3.63) is 0 Å². The molecule has 2 fully saturated rings. The molecule has 0 bridgehead atoms. The molecule has 17 heavy (non-hydrogen) atoms. The van der Waals surface area contributed by atoms with Gasteiger partial charge in [0.2, 0.25) is 0 Å². The lowest BCUT2D eigenvalue weighted by Crippen LogP contribution is -2.37. The van der Waals surface area contributed by atoms with Crippen molar-refractivity contribution in [3.8, 4) is 0 Å². The summed E-state index contributed by atoms with van der Waals surface area (Å²) in [4.78, 5) is 2.55. The first-order valence-corrected chi connectivity index (χ1v) is 6.82. The average Bonchev–Trinajstić information content (AvgIpc) is 2.71. The van der Waals surface area contributed by atoms with Crippen LogP contribution in [0.15, 0.2) is 0 Å². The Morgan fingerprint density at radius 2 is 1.53 bits per heavy atom. The van der Waals surface area contributed by atoms with Gasteiger partial charge in [0.15, 0.2) is 0 Å². The Balaban J connectivity index is 0.00000128. The molecular weight excluding hydrogens is 255 g/mol. The third-order valence-electron chi connectivity index (χ3n) is 4.05. The quantitative estimate of drug-likeness (QED) is 0.858. The van der Waals surface area contributed by atoms with E-state index in [1.165, 1.54) is 64.5 Å². The van der Waals surface area contributed by atoms with Crippen molar-refractivity contribution >= 4 is 24.8 Å². The molecule has 104 valence electrons. The lowest BCUT2D eigenvalue weighted by atomic mass is 9.85. The van der Waals surface area contributed by atoms with E-state index in [-0.39, 0.29) is 24.8 Å². The second-order valence-electron chi connectivity index (χ2n) is 5.51. The highest BCUT2D eigenvalue weighted by Crippen LogP contribution is 2.27. The van der Waals surface area contributed by atoms with Gasteiger partial charge in [-0.1, -0.05) is 32.1 Å². The first-order chi connectivity index (χ1) is 7.34. The highest BCUT2D eigenvalue weighted by molar-refractivity contribution is 5.85. The molecule has 2 aliphatic rings. The van der Waals surface area contributed by atoms with Crippen LogP contribution in [0.1, 0.15) is 51.4 Å². The molecule has 1 heterocycles. The highest BCUT2D eigenvalue weighted by atomic mass is 35.5. The minimum Gasteiger partial charge on any atom is -0.327 e. The summed E-state index contributed by atoms with van der Waals surface area (Å²) in [7, 11) is 0. The number of hydrogen-bond acceptors (Lipinski definition) is 2. The van der Waals surface area contributed by atoms with Crippen molar-refractivity contribution in [2.24, 2.45) is 11.7 Å². The molecule has 0 aromatic carbocycles. The Morgan fingerprint density at radius 1 is 0.941 bits per heavy atom. The fourth-order valence-corrected chi connectivity index (χ4v) is 3.22. The summed E-state index contributed by atoms with van der Waals surface area (Å²) in [5.74, 6) is 0.941. The van der Waals surface area contributed by atoms with Gasteiger partial charge in [0.1, 0.15) is 0 Å². The summed E-state index contributed by atoms with van der Waals surface area (Å²) in [6.07, 6.45) is 11.3. The van der Waals surface area contributed by atoms with E-state index in [1.54, 1.807) is 0 Å². The van der Waals surface area contributed by atoms with Crippen LogP contribution >= 0.6 is 24.8 Å². The third-order valence-corrected chi connectivity index (χ3v) is 4.05. The minimum atomic E-state index is 0. The summed E-state index contributed by atoms with van der Waals surface area (Å²) in [6, 6.07) is 0.436. The zero-order valence-electron chi connectivity index (χ0n) is 10.8. The second kappa shape index (κ2) is 9.43. The minimum absolute atomic E-state index is 0. The largest absolute Gasteiger partial charge is 0.327 e. The van der Waals surface area contributed by atoms with Gasteiger partial charge in [-0.05, 0) is 38.3 Å². The van der Waals surface area contributed by atoms with Crippen molar-refractivity contribution in [1.29, 1.82) is 0 Å². The monoisotopic (exact) mass is 282 g/mol. The molecule has 0 aromatic rings. The molecular formula is C13H28Cl2N2. The van der Waals surface area contributed by atoms with Gasteiger partial charge in [0, 0.05) is 12.6 Å². The topological polar surface area (TPSA) is 29.3 Å². The van der Waals surface area contributed by atoms with E-state index in [0.29, 0.717) is 6.04 Å². The lowest BCUT2D eigenvalue weighted by molar-refractivity contribution is 0.262. The molecule has 0 radical (unpaired) electrons. The summed E-state index contributed by atoms with van der Waals surface area (Å²) < 4.78 is 0. The van der Waals surface area contributed by atoms with Gasteiger partial charge in [0.25, 0.3) is 0 Å². The Bertz CT molecular complexity index is 178. The molecule has 0 amide bonds. The number of hydrogen-bond donors (Lipinski definition) is 1. The van der Waals surface area contributed by atoms with Crippen LogP contribution in [0.25, 0.3) is 0 Å². The maximum absolute atomic E-state index is 6.24. The maximum Gasteiger partial charge on any atom is 0.0170 e. The number of nitrogens with two attached hydrogens (primary N) is 1. The smallest absolute Gasteiger partial charge is 0.0170 e. The SMILES string of the molecule is Cl.Cl.N[C@@H](CC1CCCCC1)CN1CCCC1. The zero-order chi connectivity index (χ0) is 10.5. The van der Waals surface area contributed by atoms with Gasteiger partial charge in [-0.25, -0.2) is 0 Å². The molecule has 1 aliphatic heterocycles. The van der Waals surface area contributed by atoms with Gasteiger partial charge >= 0.3 is 0 Å². The van der Waals surface area contributed by atoms with Crippen LogP contribution in [0.2, 0.25) is 0 Å². The van der Waals surface area contributed by atoms with Gasteiger partial charge in [-0.15, -0.1) is 24.8 Å². The number of rotatable bonds is 4. The first kappa shape index (κ1) is 17.5. The van der Waals surface area contributed by atoms with Crippen LogP contribution in [-0.2, 0) is 0 Å². The van der Waals surface area contributed by atoms with E-state index in [1.807, 2.05) is 0 Å². The molecule has 2 N–H and O–H groups in total. The van der Waals surface area contributed by atoms with E-state index >= 15 is 0 Å². The van der Waals surface area contributed by atoms with Crippen molar-refractivity contribution in [1.82, 2.24) is 4.90 Å². The van der Waals surface area contributed by atoms with Crippen LogP contribution in [-0.4, -0.2) is 30.6 Å².